The van der Waals surface area contributed by atoms with Gasteiger partial charge in [-0.2, -0.15) is 0 Å². The number of rotatable bonds is 7. The van der Waals surface area contributed by atoms with Crippen LogP contribution in [0.25, 0.3) is 0 Å². The lowest BCUT2D eigenvalue weighted by molar-refractivity contribution is 0.0968. The van der Waals surface area contributed by atoms with Gasteiger partial charge in [0.25, 0.3) is 0 Å². The standard InChI is InChI=1S/C14H21NO3S/c1-4-9-19(17,18)15-13-7-5-12(6-8-13)14(16)10-11(2)3/h5-8,11,15H,4,9-10H2,1-3H3. The van der Waals surface area contributed by atoms with Crippen molar-refractivity contribution in [2.45, 2.75) is 33.6 Å². The van der Waals surface area contributed by atoms with Gasteiger partial charge in [0.05, 0.1) is 5.75 Å². The molecule has 0 aliphatic rings. The van der Waals surface area contributed by atoms with Gasteiger partial charge >= 0.3 is 0 Å². The smallest absolute Gasteiger partial charge is 0.232 e. The molecule has 19 heavy (non-hydrogen) atoms. The van der Waals surface area contributed by atoms with Crippen molar-refractivity contribution in [3.8, 4) is 0 Å². The Morgan fingerprint density at radius 2 is 1.79 bits per heavy atom. The van der Waals surface area contributed by atoms with Crippen LogP contribution in [0.1, 0.15) is 44.0 Å². The molecule has 1 aromatic rings. The highest BCUT2D eigenvalue weighted by atomic mass is 32.2. The van der Waals surface area contributed by atoms with E-state index in [-0.39, 0.29) is 11.5 Å². The maximum atomic E-state index is 11.8. The Morgan fingerprint density at radius 1 is 1.21 bits per heavy atom. The first-order valence-corrected chi connectivity index (χ1v) is 8.13. The summed E-state index contributed by atoms with van der Waals surface area (Å²) in [5.41, 5.74) is 1.11. The quantitative estimate of drug-likeness (QED) is 0.782. The van der Waals surface area contributed by atoms with Gasteiger partial charge < -0.3 is 0 Å². The Morgan fingerprint density at radius 3 is 2.26 bits per heavy atom. The van der Waals surface area contributed by atoms with Crippen LogP contribution in [0.4, 0.5) is 5.69 Å². The molecule has 1 aromatic carbocycles. The summed E-state index contributed by atoms with van der Waals surface area (Å²) in [5, 5.41) is 0. The average molecular weight is 283 g/mol. The molecule has 0 spiro atoms. The number of carbonyl (C=O) groups excluding carboxylic acids is 1. The van der Waals surface area contributed by atoms with Gasteiger partial charge in [-0.15, -0.1) is 0 Å². The molecule has 0 unspecified atom stereocenters. The zero-order valence-electron chi connectivity index (χ0n) is 11.6. The molecule has 0 bridgehead atoms. The summed E-state index contributed by atoms with van der Waals surface area (Å²) >= 11 is 0. The average Bonchev–Trinajstić information content (AvgIpc) is 2.28. The molecule has 0 aromatic heterocycles. The van der Waals surface area contributed by atoms with E-state index in [1.54, 1.807) is 24.3 Å². The highest BCUT2D eigenvalue weighted by Gasteiger charge is 2.11. The van der Waals surface area contributed by atoms with E-state index in [1.165, 1.54) is 0 Å². The Balaban J connectivity index is 2.74. The highest BCUT2D eigenvalue weighted by Crippen LogP contribution is 2.15. The minimum absolute atomic E-state index is 0.0814. The van der Waals surface area contributed by atoms with E-state index >= 15 is 0 Å². The van der Waals surface area contributed by atoms with Crippen molar-refractivity contribution in [3.05, 3.63) is 29.8 Å². The maximum absolute atomic E-state index is 11.8. The number of sulfonamides is 1. The Kier molecular flexibility index (Phi) is 5.54. The lowest BCUT2D eigenvalue weighted by Crippen LogP contribution is -2.16. The molecule has 0 saturated carbocycles. The topological polar surface area (TPSA) is 63.2 Å². The van der Waals surface area contributed by atoms with Crippen molar-refractivity contribution in [2.75, 3.05) is 10.5 Å². The summed E-state index contributed by atoms with van der Waals surface area (Å²) in [6, 6.07) is 6.57. The first-order chi connectivity index (χ1) is 8.84. The van der Waals surface area contributed by atoms with Gasteiger partial charge in [0, 0.05) is 17.7 Å². The fraction of sp³-hybridized carbons (Fsp3) is 0.500. The van der Waals surface area contributed by atoms with Gasteiger partial charge in [0.15, 0.2) is 5.78 Å². The molecule has 1 N–H and O–H groups in total. The molecule has 0 atom stereocenters. The summed E-state index contributed by atoms with van der Waals surface area (Å²) in [6.07, 6.45) is 1.07. The lowest BCUT2D eigenvalue weighted by atomic mass is 10.0. The van der Waals surface area contributed by atoms with Gasteiger partial charge in [-0.1, -0.05) is 20.8 Å². The van der Waals surface area contributed by atoms with Crippen LogP contribution >= 0.6 is 0 Å². The predicted octanol–water partition coefficient (Wildman–Crippen LogP) is 3.07. The van der Waals surface area contributed by atoms with Crippen LogP contribution < -0.4 is 4.72 Å². The number of nitrogens with one attached hydrogen (secondary N) is 1. The number of ketones is 1. The minimum atomic E-state index is -3.27. The summed E-state index contributed by atoms with van der Waals surface area (Å²) < 4.78 is 25.7. The molecule has 0 fully saturated rings. The van der Waals surface area contributed by atoms with Crippen molar-refractivity contribution in [2.24, 2.45) is 5.92 Å². The van der Waals surface area contributed by atoms with Crippen LogP contribution in [-0.2, 0) is 10.0 Å². The summed E-state index contributed by atoms with van der Waals surface area (Å²) in [4.78, 5) is 11.8. The molecular formula is C14H21NO3S. The van der Waals surface area contributed by atoms with Crippen molar-refractivity contribution < 1.29 is 13.2 Å². The number of hydrogen-bond donors (Lipinski definition) is 1. The van der Waals surface area contributed by atoms with E-state index in [2.05, 4.69) is 4.72 Å². The Bertz CT molecular complexity index is 518. The van der Waals surface area contributed by atoms with Crippen LogP contribution in [-0.4, -0.2) is 20.0 Å². The van der Waals surface area contributed by atoms with Gasteiger partial charge in [-0.25, -0.2) is 8.42 Å². The summed E-state index contributed by atoms with van der Waals surface area (Å²) in [5.74, 6) is 0.495. The minimum Gasteiger partial charge on any atom is -0.294 e. The van der Waals surface area contributed by atoms with E-state index in [9.17, 15) is 13.2 Å². The highest BCUT2D eigenvalue weighted by molar-refractivity contribution is 7.92. The first-order valence-electron chi connectivity index (χ1n) is 6.48. The van der Waals surface area contributed by atoms with Crippen LogP contribution in [0.3, 0.4) is 0 Å². The largest absolute Gasteiger partial charge is 0.294 e. The number of hydrogen-bond acceptors (Lipinski definition) is 3. The molecule has 0 aliphatic heterocycles. The maximum Gasteiger partial charge on any atom is 0.232 e. The number of benzene rings is 1. The normalized spacial score (nSPS) is 11.6. The van der Waals surface area contributed by atoms with Crippen molar-refractivity contribution in [1.82, 2.24) is 0 Å². The van der Waals surface area contributed by atoms with E-state index in [0.29, 0.717) is 30.0 Å². The van der Waals surface area contributed by atoms with Crippen molar-refractivity contribution in [3.63, 3.8) is 0 Å². The molecule has 106 valence electrons. The van der Waals surface area contributed by atoms with Gasteiger partial charge in [-0.05, 0) is 36.6 Å². The Labute approximate surface area is 115 Å². The first kappa shape index (κ1) is 15.7. The van der Waals surface area contributed by atoms with E-state index < -0.39 is 10.0 Å². The van der Waals surface area contributed by atoms with Crippen molar-refractivity contribution in [1.29, 1.82) is 0 Å². The van der Waals surface area contributed by atoms with Gasteiger partial charge in [-0.3, -0.25) is 9.52 Å². The zero-order valence-corrected chi connectivity index (χ0v) is 12.5. The third kappa shape index (κ3) is 5.42. The molecular weight excluding hydrogens is 262 g/mol. The predicted molar refractivity (Wildman–Crippen MR) is 77.9 cm³/mol. The van der Waals surface area contributed by atoms with Crippen molar-refractivity contribution >= 4 is 21.5 Å². The fourth-order valence-electron chi connectivity index (χ4n) is 1.71. The number of anilines is 1. The molecule has 0 aliphatic carbocycles. The number of Topliss-reactive ketones (excluding diaryl/α,β-unsaturated/α-hetero) is 1. The molecule has 0 amide bonds. The molecule has 0 saturated heterocycles. The van der Waals surface area contributed by atoms with Crippen LogP contribution in [0.2, 0.25) is 0 Å². The molecule has 1 rings (SSSR count). The van der Waals surface area contributed by atoms with Crippen LogP contribution in [0, 0.1) is 5.92 Å². The lowest BCUT2D eigenvalue weighted by Gasteiger charge is -2.08. The third-order valence-electron chi connectivity index (χ3n) is 2.55. The second-order valence-corrected chi connectivity index (χ2v) is 6.86. The SMILES string of the molecule is CCCS(=O)(=O)Nc1ccc(C(=O)CC(C)C)cc1. The molecule has 0 radical (unpaired) electrons. The fourth-order valence-corrected chi connectivity index (χ4v) is 2.85. The Hall–Kier alpha value is -1.36. The summed E-state index contributed by atoms with van der Waals surface area (Å²) in [7, 11) is -3.27. The van der Waals surface area contributed by atoms with Crippen LogP contribution in [0.5, 0.6) is 0 Å². The van der Waals surface area contributed by atoms with E-state index in [4.69, 9.17) is 0 Å². The number of carbonyl (C=O) groups is 1. The zero-order chi connectivity index (χ0) is 14.5. The van der Waals surface area contributed by atoms with E-state index in [0.717, 1.165) is 0 Å². The van der Waals surface area contributed by atoms with Crippen LogP contribution in [0.15, 0.2) is 24.3 Å². The second-order valence-electron chi connectivity index (χ2n) is 5.02. The molecule has 4 nitrogen and oxygen atoms in total. The van der Waals surface area contributed by atoms with Gasteiger partial charge in [0.1, 0.15) is 0 Å². The molecule has 0 heterocycles. The van der Waals surface area contributed by atoms with Gasteiger partial charge in [0.2, 0.25) is 10.0 Å². The summed E-state index contributed by atoms with van der Waals surface area (Å²) in [6.45, 7) is 5.79. The third-order valence-corrected chi connectivity index (χ3v) is 4.04. The molecule has 5 heteroatoms. The monoisotopic (exact) mass is 283 g/mol. The van der Waals surface area contributed by atoms with E-state index in [1.807, 2.05) is 20.8 Å². The second kappa shape index (κ2) is 6.70.